The van der Waals surface area contributed by atoms with E-state index in [4.69, 9.17) is 14.9 Å². The Kier molecular flexibility index (Phi) is 3.08. The molecule has 0 atom stereocenters. The minimum atomic E-state index is 0.245. The summed E-state index contributed by atoms with van der Waals surface area (Å²) in [6.07, 6.45) is 1.77. The highest BCUT2D eigenvalue weighted by molar-refractivity contribution is 6.01. The first-order valence-electron chi connectivity index (χ1n) is 7.19. The summed E-state index contributed by atoms with van der Waals surface area (Å²) in [5.74, 6) is 2.44. The predicted molar refractivity (Wildman–Crippen MR) is 88.1 cm³/mol. The summed E-state index contributed by atoms with van der Waals surface area (Å²) >= 11 is 0. The topological polar surface area (TPSA) is 80.1 Å². The third-order valence-electron chi connectivity index (χ3n) is 3.58. The standard InChI is InChI=1S/C17H14N4O2/c1-10(18)20-13-3-2-4-14-12(13)8-19-17(21-14)11-5-6-15-16(7-11)23-9-22-15/h2-8H,9H2,1H3,(H2,18,20). The molecule has 1 aromatic heterocycles. The van der Waals surface area contributed by atoms with Gasteiger partial charge in [0, 0.05) is 17.1 Å². The summed E-state index contributed by atoms with van der Waals surface area (Å²) in [6, 6.07) is 11.4. The molecule has 3 aromatic rings. The fraction of sp³-hybridized carbons (Fsp3) is 0.118. The number of hydrogen-bond donors (Lipinski definition) is 2. The third kappa shape index (κ3) is 2.44. The molecule has 4 rings (SSSR count). The van der Waals surface area contributed by atoms with Gasteiger partial charge >= 0.3 is 0 Å². The average Bonchev–Trinajstić information content (AvgIpc) is 3.01. The molecule has 0 spiro atoms. The van der Waals surface area contributed by atoms with Crippen molar-refractivity contribution in [1.29, 1.82) is 5.41 Å². The maximum absolute atomic E-state index is 7.58. The number of anilines is 1. The van der Waals surface area contributed by atoms with Crippen molar-refractivity contribution in [3.05, 3.63) is 42.6 Å². The summed E-state index contributed by atoms with van der Waals surface area (Å²) in [5.41, 5.74) is 2.52. The SMILES string of the molecule is CC(=N)Nc1cccc2nc(-c3ccc4c(c3)OCO4)ncc12. The van der Waals surface area contributed by atoms with Gasteiger partial charge in [-0.3, -0.25) is 5.41 Å². The molecule has 6 heteroatoms. The van der Waals surface area contributed by atoms with E-state index in [9.17, 15) is 0 Å². The smallest absolute Gasteiger partial charge is 0.231 e. The Labute approximate surface area is 132 Å². The lowest BCUT2D eigenvalue weighted by Crippen LogP contribution is -2.05. The van der Waals surface area contributed by atoms with Crippen molar-refractivity contribution < 1.29 is 9.47 Å². The van der Waals surface area contributed by atoms with Crippen LogP contribution in [-0.4, -0.2) is 22.6 Å². The molecule has 2 N–H and O–H groups in total. The van der Waals surface area contributed by atoms with Crippen LogP contribution in [0.4, 0.5) is 5.69 Å². The number of fused-ring (bicyclic) bond motifs is 2. The predicted octanol–water partition coefficient (Wildman–Crippen LogP) is 3.43. The molecule has 114 valence electrons. The van der Waals surface area contributed by atoms with Gasteiger partial charge in [0.1, 0.15) is 0 Å². The molecular weight excluding hydrogens is 292 g/mol. The van der Waals surface area contributed by atoms with Crippen molar-refractivity contribution >= 4 is 22.4 Å². The first-order chi connectivity index (χ1) is 11.2. The van der Waals surface area contributed by atoms with Gasteiger partial charge in [0.05, 0.1) is 17.0 Å². The number of amidine groups is 1. The van der Waals surface area contributed by atoms with Crippen molar-refractivity contribution in [1.82, 2.24) is 9.97 Å². The lowest BCUT2D eigenvalue weighted by atomic mass is 10.1. The molecule has 1 aliphatic rings. The van der Waals surface area contributed by atoms with E-state index in [0.29, 0.717) is 17.4 Å². The van der Waals surface area contributed by atoms with Gasteiger partial charge in [0.2, 0.25) is 6.79 Å². The molecular formula is C17H14N4O2. The summed E-state index contributed by atoms with van der Waals surface area (Å²) in [4.78, 5) is 9.07. The zero-order chi connectivity index (χ0) is 15.8. The highest BCUT2D eigenvalue weighted by Crippen LogP contribution is 2.35. The molecule has 0 radical (unpaired) electrons. The van der Waals surface area contributed by atoms with Crippen molar-refractivity contribution in [2.45, 2.75) is 6.92 Å². The first kappa shape index (κ1) is 13.5. The molecule has 0 fully saturated rings. The molecule has 2 heterocycles. The van der Waals surface area contributed by atoms with E-state index in [1.165, 1.54) is 0 Å². The van der Waals surface area contributed by atoms with E-state index in [1.807, 2.05) is 36.4 Å². The van der Waals surface area contributed by atoms with E-state index in [2.05, 4.69) is 15.3 Å². The van der Waals surface area contributed by atoms with Gasteiger partial charge in [-0.1, -0.05) is 6.07 Å². The molecule has 0 aliphatic carbocycles. The monoisotopic (exact) mass is 306 g/mol. The molecule has 23 heavy (non-hydrogen) atoms. The second-order valence-corrected chi connectivity index (χ2v) is 5.25. The Bertz CT molecular complexity index is 924. The van der Waals surface area contributed by atoms with Gasteiger partial charge in [0.25, 0.3) is 0 Å². The van der Waals surface area contributed by atoms with Crippen molar-refractivity contribution in [3.63, 3.8) is 0 Å². The molecule has 0 unspecified atom stereocenters. The summed E-state index contributed by atoms with van der Waals surface area (Å²) in [7, 11) is 0. The molecule has 0 saturated carbocycles. The van der Waals surface area contributed by atoms with Gasteiger partial charge < -0.3 is 14.8 Å². The van der Waals surface area contributed by atoms with Gasteiger partial charge in [-0.05, 0) is 37.3 Å². The quantitative estimate of drug-likeness (QED) is 0.560. The molecule has 0 amide bonds. The largest absolute Gasteiger partial charge is 0.454 e. The highest BCUT2D eigenvalue weighted by Gasteiger charge is 2.15. The number of benzene rings is 2. The van der Waals surface area contributed by atoms with Crippen molar-refractivity contribution in [2.24, 2.45) is 0 Å². The van der Waals surface area contributed by atoms with Crippen LogP contribution in [0, 0.1) is 5.41 Å². The van der Waals surface area contributed by atoms with E-state index >= 15 is 0 Å². The molecule has 0 bridgehead atoms. The Hall–Kier alpha value is -3.15. The Morgan fingerprint density at radius 1 is 1.17 bits per heavy atom. The fourth-order valence-electron chi connectivity index (χ4n) is 2.54. The number of ether oxygens (including phenoxy) is 2. The number of aromatic nitrogens is 2. The summed E-state index contributed by atoms with van der Waals surface area (Å²) < 4.78 is 10.7. The van der Waals surface area contributed by atoms with Crippen molar-refractivity contribution in [2.75, 3.05) is 12.1 Å². The van der Waals surface area contributed by atoms with Crippen LogP contribution in [-0.2, 0) is 0 Å². The molecule has 2 aromatic carbocycles. The maximum atomic E-state index is 7.58. The van der Waals surface area contributed by atoms with Crippen molar-refractivity contribution in [3.8, 4) is 22.9 Å². The number of rotatable bonds is 2. The second-order valence-electron chi connectivity index (χ2n) is 5.25. The van der Waals surface area contributed by atoms with Crippen LogP contribution < -0.4 is 14.8 Å². The number of hydrogen-bond acceptors (Lipinski definition) is 5. The fourth-order valence-corrected chi connectivity index (χ4v) is 2.54. The van der Waals surface area contributed by atoms with E-state index in [0.717, 1.165) is 27.9 Å². The minimum Gasteiger partial charge on any atom is -0.454 e. The first-order valence-corrected chi connectivity index (χ1v) is 7.19. The van der Waals surface area contributed by atoms with E-state index in [-0.39, 0.29) is 6.79 Å². The lowest BCUT2D eigenvalue weighted by molar-refractivity contribution is 0.174. The van der Waals surface area contributed by atoms with Crippen LogP contribution in [0.15, 0.2) is 42.6 Å². The molecule has 1 aliphatic heterocycles. The Balaban J connectivity index is 1.79. The normalized spacial score (nSPS) is 12.4. The molecule has 6 nitrogen and oxygen atoms in total. The van der Waals surface area contributed by atoms with Gasteiger partial charge in [-0.15, -0.1) is 0 Å². The van der Waals surface area contributed by atoms with Crippen LogP contribution >= 0.6 is 0 Å². The van der Waals surface area contributed by atoms with Crippen LogP contribution in [0.3, 0.4) is 0 Å². The number of nitrogens with zero attached hydrogens (tertiary/aromatic N) is 2. The third-order valence-corrected chi connectivity index (χ3v) is 3.58. The summed E-state index contributed by atoms with van der Waals surface area (Å²) in [6.45, 7) is 1.94. The van der Waals surface area contributed by atoms with Crippen LogP contribution in [0.25, 0.3) is 22.3 Å². The van der Waals surface area contributed by atoms with Gasteiger partial charge in [0.15, 0.2) is 17.3 Å². The maximum Gasteiger partial charge on any atom is 0.231 e. The highest BCUT2D eigenvalue weighted by atomic mass is 16.7. The average molecular weight is 306 g/mol. The van der Waals surface area contributed by atoms with Gasteiger partial charge in [-0.25, -0.2) is 9.97 Å². The Morgan fingerprint density at radius 2 is 2.04 bits per heavy atom. The zero-order valence-electron chi connectivity index (χ0n) is 12.5. The summed E-state index contributed by atoms with van der Waals surface area (Å²) in [5, 5.41) is 11.5. The zero-order valence-corrected chi connectivity index (χ0v) is 12.5. The molecule has 0 saturated heterocycles. The minimum absolute atomic E-state index is 0.245. The second kappa shape index (κ2) is 5.24. The van der Waals surface area contributed by atoms with Crippen LogP contribution in [0.1, 0.15) is 6.92 Å². The van der Waals surface area contributed by atoms with Crippen LogP contribution in [0.2, 0.25) is 0 Å². The Morgan fingerprint density at radius 3 is 2.91 bits per heavy atom. The lowest BCUT2D eigenvalue weighted by Gasteiger charge is -2.09. The number of nitrogens with one attached hydrogen (secondary N) is 2. The van der Waals surface area contributed by atoms with Crippen LogP contribution in [0.5, 0.6) is 11.5 Å². The van der Waals surface area contributed by atoms with Gasteiger partial charge in [-0.2, -0.15) is 0 Å². The van der Waals surface area contributed by atoms with E-state index in [1.54, 1.807) is 13.1 Å². The van der Waals surface area contributed by atoms with E-state index < -0.39 is 0 Å².